The number of hydrogen-bond donors (Lipinski definition) is 1. The van der Waals surface area contributed by atoms with Gasteiger partial charge in [0.2, 0.25) is 0 Å². The second-order valence-corrected chi connectivity index (χ2v) is 5.22. The maximum Gasteiger partial charge on any atom is 0.144 e. The van der Waals surface area contributed by atoms with Gasteiger partial charge in [-0.2, -0.15) is 0 Å². The molecule has 3 nitrogen and oxygen atoms in total. The Bertz CT molecular complexity index is 391. The highest BCUT2D eigenvalue weighted by Gasteiger charge is 2.32. The third kappa shape index (κ3) is 3.15. The molecular weight excluding hydrogens is 282 g/mol. The van der Waals surface area contributed by atoms with E-state index in [4.69, 9.17) is 4.74 Å². The van der Waals surface area contributed by atoms with Gasteiger partial charge in [-0.3, -0.25) is 4.79 Å². The minimum absolute atomic E-state index is 0.0105. The predicted octanol–water partition coefficient (Wildman–Crippen LogP) is 1.80. The van der Waals surface area contributed by atoms with Crippen molar-refractivity contribution in [3.8, 4) is 0 Å². The van der Waals surface area contributed by atoms with Gasteiger partial charge in [-0.15, -0.1) is 0 Å². The van der Waals surface area contributed by atoms with Gasteiger partial charge in [-0.05, 0) is 24.7 Å². The predicted molar refractivity (Wildman–Crippen MR) is 70.0 cm³/mol. The maximum absolute atomic E-state index is 12.1. The third-order valence-electron chi connectivity index (χ3n) is 3.16. The van der Waals surface area contributed by atoms with Gasteiger partial charge >= 0.3 is 0 Å². The van der Waals surface area contributed by atoms with Crippen molar-refractivity contribution in [2.24, 2.45) is 5.92 Å². The highest BCUT2D eigenvalue weighted by Crippen LogP contribution is 2.18. The van der Waals surface area contributed by atoms with Gasteiger partial charge in [-0.1, -0.05) is 28.1 Å². The van der Waals surface area contributed by atoms with Crippen LogP contribution in [0.5, 0.6) is 0 Å². The molecule has 1 aliphatic heterocycles. The monoisotopic (exact) mass is 297 g/mol. The summed E-state index contributed by atoms with van der Waals surface area (Å²) in [6.07, 6.45) is 0.486. The van der Waals surface area contributed by atoms with Crippen LogP contribution in [0.3, 0.4) is 0 Å². The molecule has 1 aromatic rings. The minimum Gasteiger partial charge on any atom is -0.379 e. The summed E-state index contributed by atoms with van der Waals surface area (Å²) in [6, 6.07) is 8.04. The van der Waals surface area contributed by atoms with Crippen molar-refractivity contribution in [3.05, 3.63) is 34.3 Å². The number of likely N-dealkylation sites (N-methyl/N-ethyl adjacent to an activating group) is 1. The van der Waals surface area contributed by atoms with Crippen molar-refractivity contribution in [1.82, 2.24) is 5.32 Å². The Kier molecular flexibility index (Phi) is 4.31. The van der Waals surface area contributed by atoms with Gasteiger partial charge < -0.3 is 10.1 Å². The van der Waals surface area contributed by atoms with Crippen LogP contribution in [0.25, 0.3) is 0 Å². The molecule has 2 rings (SSSR count). The van der Waals surface area contributed by atoms with Crippen molar-refractivity contribution in [2.45, 2.75) is 12.5 Å². The average Bonchev–Trinajstić information content (AvgIpc) is 2.80. The van der Waals surface area contributed by atoms with Crippen molar-refractivity contribution in [1.29, 1.82) is 0 Å². The Morgan fingerprint density at radius 2 is 2.12 bits per heavy atom. The Balaban J connectivity index is 1.99. The van der Waals surface area contributed by atoms with E-state index in [1.54, 1.807) is 0 Å². The van der Waals surface area contributed by atoms with E-state index in [1.807, 2.05) is 31.3 Å². The van der Waals surface area contributed by atoms with Crippen molar-refractivity contribution >= 4 is 21.7 Å². The van der Waals surface area contributed by atoms with E-state index in [1.165, 1.54) is 0 Å². The summed E-state index contributed by atoms with van der Waals surface area (Å²) in [4.78, 5) is 12.1. The molecule has 0 amide bonds. The Morgan fingerprint density at radius 3 is 2.76 bits per heavy atom. The lowest BCUT2D eigenvalue weighted by molar-refractivity contribution is -0.122. The number of Topliss-reactive ketones (excluding diaryl/α,β-unsaturated/α-hetero) is 1. The molecule has 2 atom stereocenters. The van der Waals surface area contributed by atoms with Gasteiger partial charge in [0.25, 0.3) is 0 Å². The number of nitrogens with one attached hydrogen (secondary N) is 1. The number of rotatable bonds is 4. The summed E-state index contributed by atoms with van der Waals surface area (Å²) in [5, 5.41) is 3.14. The van der Waals surface area contributed by atoms with Crippen LogP contribution in [0.15, 0.2) is 28.7 Å². The van der Waals surface area contributed by atoms with Gasteiger partial charge in [0.1, 0.15) is 5.78 Å². The highest BCUT2D eigenvalue weighted by molar-refractivity contribution is 9.10. The number of hydrogen-bond acceptors (Lipinski definition) is 3. The van der Waals surface area contributed by atoms with Crippen LogP contribution in [-0.4, -0.2) is 32.1 Å². The molecule has 1 heterocycles. The van der Waals surface area contributed by atoms with Crippen LogP contribution in [0.4, 0.5) is 0 Å². The fourth-order valence-electron chi connectivity index (χ4n) is 2.09. The summed E-state index contributed by atoms with van der Waals surface area (Å²) in [6.45, 7) is 1.17. The summed E-state index contributed by atoms with van der Waals surface area (Å²) in [5.74, 6) is 0.243. The van der Waals surface area contributed by atoms with E-state index >= 15 is 0 Å². The van der Waals surface area contributed by atoms with E-state index in [-0.39, 0.29) is 17.7 Å². The molecule has 0 spiro atoms. The lowest BCUT2D eigenvalue weighted by Gasteiger charge is -2.15. The first-order valence-corrected chi connectivity index (χ1v) is 6.52. The van der Waals surface area contributed by atoms with E-state index < -0.39 is 0 Å². The molecule has 2 unspecified atom stereocenters. The van der Waals surface area contributed by atoms with E-state index in [0.29, 0.717) is 19.6 Å². The maximum atomic E-state index is 12.1. The molecule has 1 aromatic carbocycles. The highest BCUT2D eigenvalue weighted by atomic mass is 79.9. The topological polar surface area (TPSA) is 38.3 Å². The molecule has 1 N–H and O–H groups in total. The number of carbonyl (C=O) groups excluding carboxylic acids is 1. The number of halogens is 1. The Morgan fingerprint density at radius 1 is 1.41 bits per heavy atom. The molecule has 17 heavy (non-hydrogen) atoms. The lowest BCUT2D eigenvalue weighted by Crippen LogP contribution is -2.37. The first-order chi connectivity index (χ1) is 8.20. The van der Waals surface area contributed by atoms with Gasteiger partial charge in [0.15, 0.2) is 0 Å². The number of carbonyl (C=O) groups is 1. The first kappa shape index (κ1) is 12.7. The van der Waals surface area contributed by atoms with E-state index in [2.05, 4.69) is 21.2 Å². The third-order valence-corrected chi connectivity index (χ3v) is 3.69. The lowest BCUT2D eigenvalue weighted by atomic mass is 9.94. The summed E-state index contributed by atoms with van der Waals surface area (Å²) in [5.41, 5.74) is 1.06. The van der Waals surface area contributed by atoms with Gasteiger partial charge in [0.05, 0.1) is 19.1 Å². The number of benzene rings is 1. The zero-order valence-corrected chi connectivity index (χ0v) is 11.4. The summed E-state index contributed by atoms with van der Waals surface area (Å²) >= 11 is 3.38. The zero-order valence-electron chi connectivity index (χ0n) is 9.78. The molecule has 92 valence electrons. The second kappa shape index (κ2) is 5.76. The molecule has 1 aliphatic rings. The smallest absolute Gasteiger partial charge is 0.144 e. The quantitative estimate of drug-likeness (QED) is 0.921. The van der Waals surface area contributed by atoms with Crippen LogP contribution < -0.4 is 5.32 Å². The summed E-state index contributed by atoms with van der Waals surface area (Å²) in [7, 11) is 1.87. The average molecular weight is 298 g/mol. The van der Waals surface area contributed by atoms with Crippen LogP contribution in [0.1, 0.15) is 5.56 Å². The summed E-state index contributed by atoms with van der Waals surface area (Å²) < 4.78 is 6.38. The molecule has 1 fully saturated rings. The van der Waals surface area contributed by atoms with Crippen molar-refractivity contribution in [2.75, 3.05) is 20.3 Å². The van der Waals surface area contributed by atoms with Crippen LogP contribution in [-0.2, 0) is 16.0 Å². The Labute approximate surface area is 110 Å². The molecule has 0 saturated carbocycles. The molecule has 0 aliphatic carbocycles. The first-order valence-electron chi connectivity index (χ1n) is 5.73. The van der Waals surface area contributed by atoms with Crippen LogP contribution in [0.2, 0.25) is 0 Å². The molecule has 1 saturated heterocycles. The largest absolute Gasteiger partial charge is 0.379 e. The van der Waals surface area contributed by atoms with Crippen LogP contribution >= 0.6 is 15.9 Å². The molecule has 0 aromatic heterocycles. The van der Waals surface area contributed by atoms with Crippen molar-refractivity contribution in [3.63, 3.8) is 0 Å². The fraction of sp³-hybridized carbons (Fsp3) is 0.462. The molecule has 0 bridgehead atoms. The van der Waals surface area contributed by atoms with Crippen molar-refractivity contribution < 1.29 is 9.53 Å². The Hall–Kier alpha value is -0.710. The minimum atomic E-state index is -0.0105. The van der Waals surface area contributed by atoms with Gasteiger partial charge in [0, 0.05) is 16.9 Å². The zero-order chi connectivity index (χ0) is 12.3. The van der Waals surface area contributed by atoms with Gasteiger partial charge in [-0.25, -0.2) is 0 Å². The fourth-order valence-corrected chi connectivity index (χ4v) is 2.36. The second-order valence-electron chi connectivity index (χ2n) is 4.31. The number of ketones is 1. The normalized spacial score (nSPS) is 23.9. The standard InChI is InChI=1S/C13H16BrNO2/c1-15-12-8-17-7-11(12)13(16)6-9-2-4-10(14)5-3-9/h2-5,11-12,15H,6-8H2,1H3. The van der Waals surface area contributed by atoms with E-state index in [9.17, 15) is 4.79 Å². The van der Waals surface area contributed by atoms with Crippen LogP contribution in [0, 0.1) is 5.92 Å². The molecular formula is C13H16BrNO2. The number of ether oxygens (including phenoxy) is 1. The molecule has 0 radical (unpaired) electrons. The van der Waals surface area contributed by atoms with E-state index in [0.717, 1.165) is 10.0 Å². The molecule has 4 heteroatoms. The SMILES string of the molecule is CNC1COCC1C(=O)Cc1ccc(Br)cc1.